The highest BCUT2D eigenvalue weighted by Gasteiger charge is 2.29. The monoisotopic (exact) mass is 450 g/mol. The molecule has 5 nitrogen and oxygen atoms in total. The molecule has 1 N–H and O–H groups in total. The number of amides is 2. The topological polar surface area (TPSA) is 58.6 Å². The first-order chi connectivity index (χ1) is 15.6. The third-order valence-corrected chi connectivity index (χ3v) is 6.55. The molecule has 3 rings (SSSR count). The van der Waals surface area contributed by atoms with Gasteiger partial charge in [-0.3, -0.25) is 9.59 Å². The number of benzene rings is 2. The molecular weight excluding hydrogens is 412 g/mol. The summed E-state index contributed by atoms with van der Waals surface area (Å²) in [7, 11) is 0. The third-order valence-electron chi connectivity index (χ3n) is 6.55. The van der Waals surface area contributed by atoms with Crippen molar-refractivity contribution in [1.82, 2.24) is 10.2 Å². The average Bonchev–Trinajstić information content (AvgIpc) is 3.29. The van der Waals surface area contributed by atoms with Crippen LogP contribution in [-0.2, 0) is 21.5 Å². The number of nitrogens with zero attached hydrogens (tertiary/aromatic N) is 1. The maximum Gasteiger partial charge on any atom is 0.261 e. The van der Waals surface area contributed by atoms with E-state index in [1.54, 1.807) is 11.8 Å². The lowest BCUT2D eigenvalue weighted by Crippen LogP contribution is -2.50. The maximum atomic E-state index is 13.3. The van der Waals surface area contributed by atoms with Crippen LogP contribution in [0, 0.1) is 6.92 Å². The molecule has 2 amide bonds. The highest BCUT2D eigenvalue weighted by Crippen LogP contribution is 2.24. The van der Waals surface area contributed by atoms with Crippen LogP contribution in [0.4, 0.5) is 0 Å². The Bertz CT molecular complexity index is 940. The summed E-state index contributed by atoms with van der Waals surface area (Å²) >= 11 is 0. The van der Waals surface area contributed by atoms with Crippen LogP contribution in [0.2, 0.25) is 0 Å². The lowest BCUT2D eigenvalue weighted by Gasteiger charge is -2.30. The SMILES string of the molecule is Cc1ccccc1CN(C(=O)COc1ccc(C(C)(C)C)cc1)C(C)C(=O)NC1CCCC1. The fourth-order valence-corrected chi connectivity index (χ4v) is 4.22. The molecule has 33 heavy (non-hydrogen) atoms. The number of carbonyl (C=O) groups is 2. The van der Waals surface area contributed by atoms with Crippen molar-refractivity contribution in [2.24, 2.45) is 0 Å². The first-order valence-corrected chi connectivity index (χ1v) is 12.0. The molecule has 1 atom stereocenters. The summed E-state index contributed by atoms with van der Waals surface area (Å²) in [6.45, 7) is 10.6. The highest BCUT2D eigenvalue weighted by molar-refractivity contribution is 5.88. The Morgan fingerprint density at radius 3 is 2.30 bits per heavy atom. The Balaban J connectivity index is 1.70. The molecule has 1 aliphatic carbocycles. The first kappa shape index (κ1) is 24.8. The summed E-state index contributed by atoms with van der Waals surface area (Å²) in [6, 6.07) is 15.5. The van der Waals surface area contributed by atoms with Gasteiger partial charge in [-0.1, -0.05) is 70.0 Å². The number of aryl methyl sites for hydroxylation is 1. The maximum absolute atomic E-state index is 13.3. The summed E-state index contributed by atoms with van der Waals surface area (Å²) < 4.78 is 5.82. The second-order valence-corrected chi connectivity index (χ2v) is 10.2. The Morgan fingerprint density at radius 2 is 1.70 bits per heavy atom. The van der Waals surface area contributed by atoms with Crippen LogP contribution >= 0.6 is 0 Å². The van der Waals surface area contributed by atoms with Crippen molar-refractivity contribution < 1.29 is 14.3 Å². The minimum atomic E-state index is -0.579. The molecule has 1 saturated carbocycles. The zero-order valence-corrected chi connectivity index (χ0v) is 20.7. The van der Waals surface area contributed by atoms with E-state index >= 15 is 0 Å². The molecule has 5 heteroatoms. The number of ether oxygens (including phenoxy) is 1. The van der Waals surface area contributed by atoms with Gasteiger partial charge in [-0.2, -0.15) is 0 Å². The van der Waals surface area contributed by atoms with Crippen LogP contribution in [0.5, 0.6) is 5.75 Å². The summed E-state index contributed by atoms with van der Waals surface area (Å²) in [5.41, 5.74) is 3.39. The van der Waals surface area contributed by atoms with E-state index in [1.807, 2.05) is 55.5 Å². The predicted molar refractivity (Wildman–Crippen MR) is 132 cm³/mol. The molecule has 178 valence electrons. The molecule has 0 bridgehead atoms. The van der Waals surface area contributed by atoms with Gasteiger partial charge in [0.1, 0.15) is 11.8 Å². The quantitative estimate of drug-likeness (QED) is 0.605. The molecule has 1 unspecified atom stereocenters. The Morgan fingerprint density at radius 1 is 1.06 bits per heavy atom. The molecule has 0 spiro atoms. The summed E-state index contributed by atoms with van der Waals surface area (Å²) in [5.74, 6) is 0.348. The highest BCUT2D eigenvalue weighted by atomic mass is 16.5. The van der Waals surface area contributed by atoms with Crippen LogP contribution < -0.4 is 10.1 Å². The fraction of sp³-hybridized carbons (Fsp3) is 0.500. The van der Waals surface area contributed by atoms with E-state index in [0.717, 1.165) is 36.8 Å². The Labute approximate surface area is 198 Å². The van der Waals surface area contributed by atoms with E-state index in [4.69, 9.17) is 4.74 Å². The summed E-state index contributed by atoms with van der Waals surface area (Å²) in [5, 5.41) is 3.13. The lowest BCUT2D eigenvalue weighted by molar-refractivity contribution is -0.142. The summed E-state index contributed by atoms with van der Waals surface area (Å²) in [4.78, 5) is 27.9. The zero-order chi connectivity index (χ0) is 24.0. The van der Waals surface area contributed by atoms with Crippen LogP contribution in [0.3, 0.4) is 0 Å². The number of hydrogen-bond acceptors (Lipinski definition) is 3. The second-order valence-electron chi connectivity index (χ2n) is 10.2. The van der Waals surface area contributed by atoms with Gasteiger partial charge < -0.3 is 15.0 Å². The number of carbonyl (C=O) groups excluding carboxylic acids is 2. The molecule has 1 fully saturated rings. The minimum Gasteiger partial charge on any atom is -0.484 e. The van der Waals surface area contributed by atoms with E-state index in [2.05, 4.69) is 26.1 Å². The largest absolute Gasteiger partial charge is 0.484 e. The molecule has 2 aromatic carbocycles. The van der Waals surface area contributed by atoms with E-state index < -0.39 is 6.04 Å². The van der Waals surface area contributed by atoms with Crippen molar-refractivity contribution in [3.8, 4) is 5.75 Å². The lowest BCUT2D eigenvalue weighted by atomic mass is 9.87. The smallest absolute Gasteiger partial charge is 0.261 e. The molecule has 0 aliphatic heterocycles. The van der Waals surface area contributed by atoms with Gasteiger partial charge in [0.25, 0.3) is 5.91 Å². The molecule has 2 aromatic rings. The van der Waals surface area contributed by atoms with E-state index in [1.165, 1.54) is 5.56 Å². The van der Waals surface area contributed by atoms with Gasteiger partial charge in [0.15, 0.2) is 6.61 Å². The number of rotatable bonds is 8. The normalized spacial score (nSPS) is 15.2. The van der Waals surface area contributed by atoms with Crippen LogP contribution in [0.15, 0.2) is 48.5 Å². The first-order valence-electron chi connectivity index (χ1n) is 12.0. The average molecular weight is 451 g/mol. The van der Waals surface area contributed by atoms with Crippen molar-refractivity contribution >= 4 is 11.8 Å². The second kappa shape index (κ2) is 10.9. The third kappa shape index (κ3) is 6.83. The van der Waals surface area contributed by atoms with Gasteiger partial charge in [0.05, 0.1) is 0 Å². The Hall–Kier alpha value is -2.82. The standard InChI is InChI=1S/C28H38N2O3/c1-20-10-6-7-11-22(20)18-30(21(2)27(32)29-24-12-8-9-13-24)26(31)19-33-25-16-14-23(15-17-25)28(3,4)5/h6-7,10-11,14-17,21,24H,8-9,12-13,18-19H2,1-5H3,(H,29,32). The Kier molecular flexibility index (Phi) is 8.17. The van der Waals surface area contributed by atoms with Crippen molar-refractivity contribution in [3.05, 3.63) is 65.2 Å². The molecule has 0 heterocycles. The zero-order valence-electron chi connectivity index (χ0n) is 20.7. The van der Waals surface area contributed by atoms with Gasteiger partial charge in [-0.15, -0.1) is 0 Å². The van der Waals surface area contributed by atoms with Gasteiger partial charge in [0.2, 0.25) is 5.91 Å². The molecule has 0 radical (unpaired) electrons. The van der Waals surface area contributed by atoms with Crippen molar-refractivity contribution in [1.29, 1.82) is 0 Å². The van der Waals surface area contributed by atoms with Crippen molar-refractivity contribution in [2.45, 2.75) is 84.3 Å². The van der Waals surface area contributed by atoms with Gasteiger partial charge in [-0.05, 0) is 60.9 Å². The van der Waals surface area contributed by atoms with Crippen LogP contribution in [0.1, 0.15) is 70.1 Å². The van der Waals surface area contributed by atoms with Crippen LogP contribution in [-0.4, -0.2) is 35.4 Å². The van der Waals surface area contributed by atoms with Gasteiger partial charge in [-0.25, -0.2) is 0 Å². The summed E-state index contributed by atoms with van der Waals surface area (Å²) in [6.07, 6.45) is 4.32. The molecule has 0 saturated heterocycles. The molecule has 0 aromatic heterocycles. The number of nitrogens with one attached hydrogen (secondary N) is 1. The number of hydrogen-bond donors (Lipinski definition) is 1. The van der Waals surface area contributed by atoms with Gasteiger partial charge in [0, 0.05) is 12.6 Å². The van der Waals surface area contributed by atoms with Crippen LogP contribution in [0.25, 0.3) is 0 Å². The molecular formula is C28H38N2O3. The minimum absolute atomic E-state index is 0.0564. The van der Waals surface area contributed by atoms with Gasteiger partial charge >= 0.3 is 0 Å². The van der Waals surface area contributed by atoms with Crippen molar-refractivity contribution in [2.75, 3.05) is 6.61 Å². The fourth-order valence-electron chi connectivity index (χ4n) is 4.22. The van der Waals surface area contributed by atoms with Crippen molar-refractivity contribution in [3.63, 3.8) is 0 Å². The predicted octanol–water partition coefficient (Wildman–Crippen LogP) is 5.15. The van der Waals surface area contributed by atoms with E-state index in [0.29, 0.717) is 12.3 Å². The van der Waals surface area contributed by atoms with E-state index in [9.17, 15) is 9.59 Å². The molecule has 1 aliphatic rings. The van der Waals surface area contributed by atoms with E-state index in [-0.39, 0.29) is 29.9 Å².